The zero-order chi connectivity index (χ0) is 12.8. The summed E-state index contributed by atoms with van der Waals surface area (Å²) in [6.45, 7) is 12.1. The van der Waals surface area contributed by atoms with E-state index in [0.29, 0.717) is 0 Å². The van der Waals surface area contributed by atoms with Gasteiger partial charge in [0.05, 0.1) is 10.9 Å². The van der Waals surface area contributed by atoms with Crippen molar-refractivity contribution in [2.45, 2.75) is 34.1 Å². The summed E-state index contributed by atoms with van der Waals surface area (Å²) in [5, 5.41) is 3.00. The summed E-state index contributed by atoms with van der Waals surface area (Å²) < 4.78 is 0. The van der Waals surface area contributed by atoms with Crippen LogP contribution in [0, 0.1) is 6.92 Å². The number of aryl methyl sites for hydroxylation is 1. The molecular weight excluding hydrogens is 208 g/mol. The molecule has 0 fully saturated rings. The Hall–Kier alpha value is -1.70. The van der Waals surface area contributed by atoms with Gasteiger partial charge in [0.2, 0.25) is 0 Å². The van der Waals surface area contributed by atoms with Crippen LogP contribution in [0.15, 0.2) is 18.3 Å². The molecule has 0 N–H and O–H groups in total. The summed E-state index contributed by atoms with van der Waals surface area (Å²) in [7, 11) is 0. The van der Waals surface area contributed by atoms with E-state index in [-0.39, 0.29) is 0 Å². The van der Waals surface area contributed by atoms with Crippen molar-refractivity contribution < 1.29 is 0 Å². The van der Waals surface area contributed by atoms with Gasteiger partial charge in [-0.15, -0.1) is 0 Å². The van der Waals surface area contributed by atoms with E-state index in [1.165, 1.54) is 0 Å². The Labute approximate surface area is 103 Å². The van der Waals surface area contributed by atoms with Crippen LogP contribution in [0.4, 0.5) is 0 Å². The first kappa shape index (κ1) is 13.4. The van der Waals surface area contributed by atoms with Gasteiger partial charge in [0.1, 0.15) is 0 Å². The Bertz CT molecular complexity index is 600. The lowest BCUT2D eigenvalue weighted by atomic mass is 10.2. The van der Waals surface area contributed by atoms with Crippen molar-refractivity contribution in [2.24, 2.45) is 0 Å². The van der Waals surface area contributed by atoms with Crippen molar-refractivity contribution in [3.63, 3.8) is 0 Å². The molecule has 0 aromatic carbocycles. The number of nitrogens with zero attached hydrogens (tertiary/aromatic N) is 2. The Kier molecular flexibility index (Phi) is 4.83. The van der Waals surface area contributed by atoms with Gasteiger partial charge in [-0.3, -0.25) is 4.98 Å². The monoisotopic (exact) mass is 228 g/mol. The second-order valence-electron chi connectivity index (χ2n) is 3.66. The lowest BCUT2D eigenvalue weighted by molar-refractivity contribution is 1.18. The smallest absolute Gasteiger partial charge is 0.0743 e. The summed E-state index contributed by atoms with van der Waals surface area (Å²) in [5.74, 6) is 0. The molecule has 0 atom stereocenters. The largest absolute Gasteiger partial charge is 0.261 e. The molecule has 0 aliphatic carbocycles. The zero-order valence-electron chi connectivity index (χ0n) is 11.1. The Morgan fingerprint density at radius 2 is 2.00 bits per heavy atom. The maximum absolute atomic E-state index is 4.57. The predicted octanol–water partition coefficient (Wildman–Crippen LogP) is 2.57. The third-order valence-corrected chi connectivity index (χ3v) is 2.35. The normalized spacial score (nSPS) is 11.2. The number of pyridine rings is 2. The van der Waals surface area contributed by atoms with E-state index in [2.05, 4.69) is 29.5 Å². The first-order chi connectivity index (χ1) is 8.20. The molecule has 0 saturated carbocycles. The van der Waals surface area contributed by atoms with Crippen molar-refractivity contribution in [1.29, 1.82) is 0 Å². The van der Waals surface area contributed by atoms with Crippen LogP contribution in [0.1, 0.15) is 32.9 Å². The molecule has 2 aromatic heterocycles. The minimum Gasteiger partial charge on any atom is -0.261 e. The summed E-state index contributed by atoms with van der Waals surface area (Å²) >= 11 is 0. The number of rotatable bonds is 1. The number of hydrogen-bond donors (Lipinski definition) is 0. The van der Waals surface area contributed by atoms with E-state index >= 15 is 0 Å². The highest BCUT2D eigenvalue weighted by Gasteiger charge is 1.96. The number of fused-ring (bicyclic) bond motifs is 1. The molecule has 2 heteroatoms. The average molecular weight is 228 g/mol. The van der Waals surface area contributed by atoms with E-state index in [1.807, 2.05) is 39.1 Å². The zero-order valence-corrected chi connectivity index (χ0v) is 11.1. The molecule has 0 amide bonds. The molecule has 2 aromatic rings. The number of hydrogen-bond acceptors (Lipinski definition) is 2. The Balaban J connectivity index is 0.000000686. The maximum atomic E-state index is 4.57. The quantitative estimate of drug-likeness (QED) is 0.749. The Morgan fingerprint density at radius 1 is 1.29 bits per heavy atom. The van der Waals surface area contributed by atoms with Crippen LogP contribution in [0.3, 0.4) is 0 Å². The number of aromatic nitrogens is 2. The SMILES string of the molecule is C=c1cc2cnc(C)cc2n/c1=C/CC.CC. The van der Waals surface area contributed by atoms with Gasteiger partial charge in [0.15, 0.2) is 0 Å². The topological polar surface area (TPSA) is 25.8 Å². The molecule has 0 saturated heterocycles. The average Bonchev–Trinajstić information content (AvgIpc) is 2.34. The van der Waals surface area contributed by atoms with Gasteiger partial charge in [-0.25, -0.2) is 4.98 Å². The van der Waals surface area contributed by atoms with Crippen LogP contribution in [-0.2, 0) is 0 Å². The molecule has 2 nitrogen and oxygen atoms in total. The lowest BCUT2D eigenvalue weighted by Crippen LogP contribution is -2.26. The van der Waals surface area contributed by atoms with Crippen molar-refractivity contribution in [3.8, 4) is 0 Å². The summed E-state index contributed by atoms with van der Waals surface area (Å²) in [6, 6.07) is 4.04. The van der Waals surface area contributed by atoms with Crippen LogP contribution in [-0.4, -0.2) is 9.97 Å². The van der Waals surface area contributed by atoms with Gasteiger partial charge >= 0.3 is 0 Å². The third kappa shape index (κ3) is 3.13. The second kappa shape index (κ2) is 6.14. The first-order valence-corrected chi connectivity index (χ1v) is 6.13. The van der Waals surface area contributed by atoms with Gasteiger partial charge in [-0.1, -0.05) is 33.4 Å². The molecule has 0 unspecified atom stereocenters. The fraction of sp³-hybridized carbons (Fsp3) is 0.333. The van der Waals surface area contributed by atoms with Gasteiger partial charge in [0.25, 0.3) is 0 Å². The van der Waals surface area contributed by atoms with Gasteiger partial charge in [0, 0.05) is 17.3 Å². The van der Waals surface area contributed by atoms with Gasteiger partial charge in [-0.05, 0) is 30.7 Å². The van der Waals surface area contributed by atoms with Crippen LogP contribution in [0.25, 0.3) is 23.6 Å². The van der Waals surface area contributed by atoms with Crippen molar-refractivity contribution >= 4 is 23.6 Å². The van der Waals surface area contributed by atoms with E-state index in [4.69, 9.17) is 0 Å². The summed E-state index contributed by atoms with van der Waals surface area (Å²) in [5.41, 5.74) is 1.99. The molecule has 17 heavy (non-hydrogen) atoms. The van der Waals surface area contributed by atoms with Crippen molar-refractivity contribution in [3.05, 3.63) is 34.6 Å². The fourth-order valence-corrected chi connectivity index (χ4v) is 1.60. The van der Waals surface area contributed by atoms with Crippen LogP contribution in [0.2, 0.25) is 0 Å². The fourth-order valence-electron chi connectivity index (χ4n) is 1.60. The maximum Gasteiger partial charge on any atom is 0.0743 e. The van der Waals surface area contributed by atoms with E-state index in [9.17, 15) is 0 Å². The molecule has 0 bridgehead atoms. The van der Waals surface area contributed by atoms with Crippen LogP contribution < -0.4 is 10.6 Å². The van der Waals surface area contributed by atoms with Crippen molar-refractivity contribution in [1.82, 2.24) is 9.97 Å². The van der Waals surface area contributed by atoms with Gasteiger partial charge < -0.3 is 0 Å². The molecule has 0 aliphatic heterocycles. The highest BCUT2D eigenvalue weighted by atomic mass is 14.7. The highest BCUT2D eigenvalue weighted by molar-refractivity contribution is 5.77. The molecule has 0 spiro atoms. The summed E-state index contributed by atoms with van der Waals surface area (Å²) in [4.78, 5) is 8.81. The van der Waals surface area contributed by atoms with E-state index in [1.54, 1.807) is 0 Å². The van der Waals surface area contributed by atoms with E-state index < -0.39 is 0 Å². The highest BCUT2D eigenvalue weighted by Crippen LogP contribution is 2.06. The molecule has 0 aliphatic rings. The van der Waals surface area contributed by atoms with Crippen LogP contribution in [0.5, 0.6) is 0 Å². The van der Waals surface area contributed by atoms with Crippen molar-refractivity contribution in [2.75, 3.05) is 0 Å². The standard InChI is InChI=1S/C13H14N2.C2H6/c1-4-5-12-9(2)6-11-8-14-10(3)7-13(11)15-12;1-2/h5-8H,2,4H2,1,3H3;1-2H3/b12-5+;. The molecule has 2 rings (SSSR count). The van der Waals surface area contributed by atoms with E-state index in [0.717, 1.165) is 33.6 Å². The third-order valence-electron chi connectivity index (χ3n) is 2.35. The first-order valence-electron chi connectivity index (χ1n) is 6.13. The predicted molar refractivity (Wildman–Crippen MR) is 75.2 cm³/mol. The lowest BCUT2D eigenvalue weighted by Gasteiger charge is -1.98. The minimum absolute atomic E-state index is 0.968. The van der Waals surface area contributed by atoms with Gasteiger partial charge in [-0.2, -0.15) is 0 Å². The second-order valence-corrected chi connectivity index (χ2v) is 3.66. The molecule has 0 radical (unpaired) electrons. The molecule has 2 heterocycles. The molecular formula is C15H20N2. The molecule has 90 valence electrons. The van der Waals surface area contributed by atoms with Crippen LogP contribution >= 0.6 is 0 Å². The summed E-state index contributed by atoms with van der Waals surface area (Å²) in [6.07, 6.45) is 4.92. The Morgan fingerprint density at radius 3 is 2.65 bits per heavy atom. The minimum atomic E-state index is 0.968.